The maximum absolute atomic E-state index is 12.1. The Morgan fingerprint density at radius 3 is 2.65 bits per heavy atom. The van der Waals surface area contributed by atoms with Gasteiger partial charge in [-0.05, 0) is 31.1 Å². The number of halogens is 1. The highest BCUT2D eigenvalue weighted by Gasteiger charge is 2.28. The third-order valence-electron chi connectivity index (χ3n) is 3.48. The molecule has 1 aliphatic carbocycles. The van der Waals surface area contributed by atoms with Gasteiger partial charge >= 0.3 is 5.69 Å². The van der Waals surface area contributed by atoms with Gasteiger partial charge in [-0.1, -0.05) is 25.4 Å². The summed E-state index contributed by atoms with van der Waals surface area (Å²) in [5.74, 6) is 1.04. The predicted octanol–water partition coefficient (Wildman–Crippen LogP) is 1.80. The van der Waals surface area contributed by atoms with Crippen LogP contribution < -0.4 is 11.2 Å². The molecule has 1 heterocycles. The van der Waals surface area contributed by atoms with Crippen molar-refractivity contribution in [1.29, 1.82) is 0 Å². The molecule has 0 spiro atoms. The summed E-state index contributed by atoms with van der Waals surface area (Å²) in [6, 6.07) is 0. The maximum atomic E-state index is 12.1. The second-order valence-corrected chi connectivity index (χ2v) is 5.18. The van der Waals surface area contributed by atoms with Crippen molar-refractivity contribution in [3.05, 3.63) is 31.6 Å². The highest BCUT2D eigenvalue weighted by molar-refractivity contribution is 6.30. The first-order chi connectivity index (χ1) is 8.04. The first kappa shape index (κ1) is 12.4. The fraction of sp³-hybridized carbons (Fsp3) is 0.667. The number of nitrogens with zero attached hydrogens (tertiary/aromatic N) is 1. The van der Waals surface area contributed by atoms with Crippen LogP contribution in [-0.2, 0) is 13.0 Å². The van der Waals surface area contributed by atoms with Crippen molar-refractivity contribution in [2.45, 2.75) is 39.7 Å². The Balaban J connectivity index is 2.38. The molecule has 1 unspecified atom stereocenters. The van der Waals surface area contributed by atoms with Crippen LogP contribution in [-0.4, -0.2) is 9.55 Å². The van der Waals surface area contributed by atoms with Crippen molar-refractivity contribution in [2.24, 2.45) is 11.8 Å². The molecule has 17 heavy (non-hydrogen) atoms. The van der Waals surface area contributed by atoms with Gasteiger partial charge in [-0.15, -0.1) is 0 Å². The summed E-state index contributed by atoms with van der Waals surface area (Å²) in [7, 11) is 0. The number of hydrogen-bond donors (Lipinski definition) is 1. The third kappa shape index (κ3) is 2.46. The summed E-state index contributed by atoms with van der Waals surface area (Å²) < 4.78 is 1.29. The van der Waals surface area contributed by atoms with Gasteiger partial charge in [0.25, 0.3) is 5.56 Å². The molecule has 1 N–H and O–H groups in total. The van der Waals surface area contributed by atoms with Crippen LogP contribution in [0.2, 0.25) is 5.15 Å². The number of rotatable bonds is 4. The van der Waals surface area contributed by atoms with Crippen LogP contribution in [0, 0.1) is 11.8 Å². The predicted molar refractivity (Wildman–Crippen MR) is 67.6 cm³/mol. The van der Waals surface area contributed by atoms with Gasteiger partial charge in [0, 0.05) is 6.54 Å². The van der Waals surface area contributed by atoms with E-state index in [9.17, 15) is 9.59 Å². The Labute approximate surface area is 105 Å². The molecule has 1 atom stereocenters. The zero-order chi connectivity index (χ0) is 12.6. The monoisotopic (exact) mass is 256 g/mol. The van der Waals surface area contributed by atoms with Gasteiger partial charge in [-0.2, -0.15) is 0 Å². The van der Waals surface area contributed by atoms with Crippen LogP contribution in [0.5, 0.6) is 0 Å². The number of aromatic nitrogens is 2. The molecule has 1 saturated carbocycles. The number of H-pyrrole nitrogens is 1. The number of aromatic amines is 1. The van der Waals surface area contributed by atoms with Crippen molar-refractivity contribution in [3.8, 4) is 0 Å². The highest BCUT2D eigenvalue weighted by atomic mass is 35.5. The van der Waals surface area contributed by atoms with Crippen LogP contribution in [0.1, 0.15) is 32.3 Å². The summed E-state index contributed by atoms with van der Waals surface area (Å²) >= 11 is 5.85. The van der Waals surface area contributed by atoms with E-state index >= 15 is 0 Å². The average molecular weight is 257 g/mol. The van der Waals surface area contributed by atoms with Crippen LogP contribution in [0.3, 0.4) is 0 Å². The van der Waals surface area contributed by atoms with E-state index in [0.717, 1.165) is 0 Å². The zero-order valence-electron chi connectivity index (χ0n) is 10.1. The molecular formula is C12H17ClN2O2. The molecule has 4 nitrogen and oxygen atoms in total. The lowest BCUT2D eigenvalue weighted by atomic mass is 10.1. The second kappa shape index (κ2) is 4.69. The highest BCUT2D eigenvalue weighted by Crippen LogP contribution is 2.36. The van der Waals surface area contributed by atoms with Gasteiger partial charge in [0.05, 0.1) is 5.56 Å². The number of nitrogens with one attached hydrogen (secondary N) is 1. The summed E-state index contributed by atoms with van der Waals surface area (Å²) in [4.78, 5) is 26.3. The van der Waals surface area contributed by atoms with Crippen LogP contribution in [0.15, 0.2) is 9.59 Å². The molecule has 0 amide bonds. The van der Waals surface area contributed by atoms with Gasteiger partial charge in [-0.3, -0.25) is 14.3 Å². The summed E-state index contributed by atoms with van der Waals surface area (Å²) in [6.07, 6.45) is 2.95. The minimum atomic E-state index is -0.398. The molecule has 2 rings (SSSR count). The van der Waals surface area contributed by atoms with Gasteiger partial charge in [0.2, 0.25) is 0 Å². The minimum absolute atomic E-state index is 0.179. The van der Waals surface area contributed by atoms with Crippen LogP contribution >= 0.6 is 11.6 Å². The molecule has 0 bridgehead atoms. The molecule has 0 aliphatic heterocycles. The van der Waals surface area contributed by atoms with Gasteiger partial charge in [0.15, 0.2) is 0 Å². The Morgan fingerprint density at radius 1 is 1.47 bits per heavy atom. The molecule has 5 heteroatoms. The van der Waals surface area contributed by atoms with Crippen molar-refractivity contribution in [2.75, 3.05) is 0 Å². The third-order valence-corrected chi connectivity index (χ3v) is 3.80. The van der Waals surface area contributed by atoms with Crippen molar-refractivity contribution >= 4 is 11.6 Å². The fourth-order valence-electron chi connectivity index (χ4n) is 2.16. The lowest BCUT2D eigenvalue weighted by Gasteiger charge is -2.12. The Bertz CT molecular complexity index is 528. The topological polar surface area (TPSA) is 54.9 Å². The maximum Gasteiger partial charge on any atom is 0.329 e. The van der Waals surface area contributed by atoms with Crippen LogP contribution in [0.4, 0.5) is 0 Å². The zero-order valence-corrected chi connectivity index (χ0v) is 10.9. The lowest BCUT2D eigenvalue weighted by Crippen LogP contribution is -2.39. The van der Waals surface area contributed by atoms with E-state index in [2.05, 4.69) is 11.9 Å². The SMILES string of the molecule is CCc1c(Cl)[nH]c(=O)n(CC(C)C2CC2)c1=O. The van der Waals surface area contributed by atoms with E-state index < -0.39 is 5.69 Å². The minimum Gasteiger partial charge on any atom is -0.297 e. The molecular weight excluding hydrogens is 240 g/mol. The van der Waals surface area contributed by atoms with E-state index in [1.54, 1.807) is 0 Å². The van der Waals surface area contributed by atoms with Crippen molar-refractivity contribution < 1.29 is 0 Å². The quantitative estimate of drug-likeness (QED) is 0.836. The Hall–Kier alpha value is -1.03. The van der Waals surface area contributed by atoms with Crippen molar-refractivity contribution in [1.82, 2.24) is 9.55 Å². The van der Waals surface area contributed by atoms with Gasteiger partial charge in [0.1, 0.15) is 5.15 Å². The summed E-state index contributed by atoms with van der Waals surface area (Å²) in [5.41, 5.74) is -0.146. The van der Waals surface area contributed by atoms with Gasteiger partial charge < -0.3 is 0 Å². The van der Waals surface area contributed by atoms with E-state index in [-0.39, 0.29) is 10.7 Å². The van der Waals surface area contributed by atoms with E-state index in [1.807, 2.05) is 6.92 Å². The van der Waals surface area contributed by atoms with Crippen LogP contribution in [0.25, 0.3) is 0 Å². The standard InChI is InChI=1S/C12H17ClN2O2/c1-3-9-10(13)14-12(17)15(11(9)16)6-7(2)8-4-5-8/h7-8H,3-6H2,1-2H3,(H,14,17). The molecule has 0 saturated heterocycles. The van der Waals surface area contributed by atoms with Gasteiger partial charge in [-0.25, -0.2) is 4.79 Å². The van der Waals surface area contributed by atoms with E-state index in [4.69, 9.17) is 11.6 Å². The fourth-order valence-corrected chi connectivity index (χ4v) is 2.46. The first-order valence-corrected chi connectivity index (χ1v) is 6.43. The molecule has 1 fully saturated rings. The smallest absolute Gasteiger partial charge is 0.297 e. The molecule has 1 aliphatic rings. The summed E-state index contributed by atoms with van der Waals surface area (Å²) in [5, 5.41) is 0.179. The lowest BCUT2D eigenvalue weighted by molar-refractivity contribution is 0.411. The normalized spacial score (nSPS) is 17.1. The Morgan fingerprint density at radius 2 is 2.12 bits per heavy atom. The van der Waals surface area contributed by atoms with E-state index in [1.165, 1.54) is 17.4 Å². The second-order valence-electron chi connectivity index (χ2n) is 4.81. The largest absolute Gasteiger partial charge is 0.329 e. The molecule has 94 valence electrons. The molecule has 1 aromatic rings. The molecule has 1 aromatic heterocycles. The number of hydrogen-bond acceptors (Lipinski definition) is 2. The molecule has 0 radical (unpaired) electrons. The average Bonchev–Trinajstić information content (AvgIpc) is 3.07. The Kier molecular flexibility index (Phi) is 3.43. The van der Waals surface area contributed by atoms with Crippen molar-refractivity contribution in [3.63, 3.8) is 0 Å². The summed E-state index contributed by atoms with van der Waals surface area (Å²) in [6.45, 7) is 4.43. The molecule has 0 aromatic carbocycles. The van der Waals surface area contributed by atoms with E-state index in [0.29, 0.717) is 30.4 Å². The first-order valence-electron chi connectivity index (χ1n) is 6.06.